The lowest BCUT2D eigenvalue weighted by atomic mass is 10.1. The second-order valence-electron chi connectivity index (χ2n) is 8.72. The Bertz CT molecular complexity index is 1110. The van der Waals surface area contributed by atoms with E-state index in [0.717, 1.165) is 22.3 Å². The molecule has 0 fully saturated rings. The second kappa shape index (κ2) is 12.0. The molecular formula is C26H37N3O4S. The molecule has 8 heteroatoms. The maximum Gasteiger partial charge on any atom is 0.242 e. The Balaban J connectivity index is 2.24. The van der Waals surface area contributed by atoms with Crippen LogP contribution < -0.4 is 9.62 Å². The zero-order valence-corrected chi connectivity index (χ0v) is 21.9. The Morgan fingerprint density at radius 1 is 1.03 bits per heavy atom. The SMILES string of the molecule is CC[C@H](C(=O)NC)N(Cc1ccccc1C)C(=O)CCCN(c1cc(C)ccc1C)S(C)(=O)=O. The largest absolute Gasteiger partial charge is 0.357 e. The minimum Gasteiger partial charge on any atom is -0.357 e. The minimum absolute atomic E-state index is 0.135. The van der Waals surface area contributed by atoms with Crippen LogP contribution in [0.3, 0.4) is 0 Å². The Hall–Kier alpha value is -2.87. The summed E-state index contributed by atoms with van der Waals surface area (Å²) in [5.74, 6) is -0.384. The highest BCUT2D eigenvalue weighted by atomic mass is 32.2. The first-order valence-electron chi connectivity index (χ1n) is 11.6. The highest BCUT2D eigenvalue weighted by Gasteiger charge is 2.28. The Morgan fingerprint density at radius 2 is 1.71 bits per heavy atom. The van der Waals surface area contributed by atoms with E-state index >= 15 is 0 Å². The number of nitrogens with one attached hydrogen (secondary N) is 1. The van der Waals surface area contributed by atoms with Crippen LogP contribution >= 0.6 is 0 Å². The summed E-state index contributed by atoms with van der Waals surface area (Å²) in [6.07, 6.45) is 2.14. The van der Waals surface area contributed by atoms with Crippen LogP contribution in [-0.2, 0) is 26.2 Å². The van der Waals surface area contributed by atoms with Gasteiger partial charge in [0.05, 0.1) is 11.9 Å². The number of benzene rings is 2. The lowest BCUT2D eigenvalue weighted by molar-refractivity contribution is -0.141. The van der Waals surface area contributed by atoms with Crippen molar-refractivity contribution in [1.29, 1.82) is 0 Å². The number of hydrogen-bond acceptors (Lipinski definition) is 4. The summed E-state index contributed by atoms with van der Waals surface area (Å²) in [7, 11) is -1.96. The van der Waals surface area contributed by atoms with E-state index in [0.29, 0.717) is 25.1 Å². The smallest absolute Gasteiger partial charge is 0.242 e. The number of sulfonamides is 1. The van der Waals surface area contributed by atoms with Gasteiger partial charge in [-0.3, -0.25) is 13.9 Å². The molecule has 186 valence electrons. The summed E-state index contributed by atoms with van der Waals surface area (Å²) in [6.45, 7) is 8.16. The molecule has 0 spiro atoms. The molecule has 2 aromatic carbocycles. The predicted octanol–water partition coefficient (Wildman–Crippen LogP) is 3.71. The van der Waals surface area contributed by atoms with Crippen molar-refractivity contribution in [3.8, 4) is 0 Å². The number of hydrogen-bond donors (Lipinski definition) is 1. The molecule has 2 rings (SSSR count). The lowest BCUT2D eigenvalue weighted by Gasteiger charge is -2.31. The van der Waals surface area contributed by atoms with Crippen LogP contribution in [0.25, 0.3) is 0 Å². The number of amides is 2. The number of anilines is 1. The molecule has 0 heterocycles. The van der Waals surface area contributed by atoms with Gasteiger partial charge in [0, 0.05) is 26.6 Å². The summed E-state index contributed by atoms with van der Waals surface area (Å²) in [5.41, 5.74) is 4.47. The number of nitrogens with zero attached hydrogens (tertiary/aromatic N) is 2. The average Bonchev–Trinajstić information content (AvgIpc) is 2.78. The molecule has 0 saturated carbocycles. The molecule has 2 amide bonds. The van der Waals surface area contributed by atoms with Gasteiger partial charge in [0.15, 0.2) is 0 Å². The van der Waals surface area contributed by atoms with Gasteiger partial charge in [-0.15, -0.1) is 0 Å². The third kappa shape index (κ3) is 7.06. The predicted molar refractivity (Wildman–Crippen MR) is 137 cm³/mol. The fraction of sp³-hybridized carbons (Fsp3) is 0.462. The Kier molecular flexibility index (Phi) is 9.67. The summed E-state index contributed by atoms with van der Waals surface area (Å²) in [4.78, 5) is 27.5. The fourth-order valence-electron chi connectivity index (χ4n) is 4.03. The molecule has 0 radical (unpaired) electrons. The normalized spacial score (nSPS) is 12.2. The van der Waals surface area contributed by atoms with Crippen molar-refractivity contribution in [1.82, 2.24) is 10.2 Å². The van der Waals surface area contributed by atoms with E-state index in [-0.39, 0.29) is 24.8 Å². The van der Waals surface area contributed by atoms with Crippen LogP contribution in [0.15, 0.2) is 42.5 Å². The lowest BCUT2D eigenvalue weighted by Crippen LogP contribution is -2.48. The van der Waals surface area contributed by atoms with Crippen LogP contribution in [0.4, 0.5) is 5.69 Å². The highest BCUT2D eigenvalue weighted by molar-refractivity contribution is 7.92. The summed E-state index contributed by atoms with van der Waals surface area (Å²) < 4.78 is 26.5. The van der Waals surface area contributed by atoms with E-state index < -0.39 is 16.1 Å². The van der Waals surface area contributed by atoms with Crippen molar-refractivity contribution in [3.63, 3.8) is 0 Å². The topological polar surface area (TPSA) is 86.8 Å². The van der Waals surface area contributed by atoms with Crippen molar-refractivity contribution in [2.24, 2.45) is 0 Å². The molecular weight excluding hydrogens is 450 g/mol. The van der Waals surface area contributed by atoms with Gasteiger partial charge in [-0.2, -0.15) is 0 Å². The monoisotopic (exact) mass is 487 g/mol. The van der Waals surface area contributed by atoms with Crippen molar-refractivity contribution >= 4 is 27.5 Å². The molecule has 0 saturated heterocycles. The van der Waals surface area contributed by atoms with Crippen molar-refractivity contribution in [3.05, 3.63) is 64.7 Å². The van der Waals surface area contributed by atoms with Crippen LogP contribution in [0.5, 0.6) is 0 Å². The molecule has 0 aromatic heterocycles. The van der Waals surface area contributed by atoms with Crippen molar-refractivity contribution < 1.29 is 18.0 Å². The molecule has 1 N–H and O–H groups in total. The molecule has 7 nitrogen and oxygen atoms in total. The maximum absolute atomic E-state index is 13.3. The van der Waals surface area contributed by atoms with E-state index in [1.165, 1.54) is 10.6 Å². The average molecular weight is 488 g/mol. The first-order chi connectivity index (χ1) is 16.0. The molecule has 0 bridgehead atoms. The van der Waals surface area contributed by atoms with E-state index in [4.69, 9.17) is 0 Å². The zero-order chi connectivity index (χ0) is 25.5. The third-order valence-electron chi connectivity index (χ3n) is 6.02. The first kappa shape index (κ1) is 27.4. The summed E-state index contributed by atoms with van der Waals surface area (Å²) in [6, 6.07) is 12.9. The molecule has 0 aliphatic carbocycles. The van der Waals surface area contributed by atoms with Gasteiger partial charge in [-0.05, 0) is 61.9 Å². The first-order valence-corrected chi connectivity index (χ1v) is 13.4. The quantitative estimate of drug-likeness (QED) is 0.523. The molecule has 0 unspecified atom stereocenters. The van der Waals surface area contributed by atoms with Gasteiger partial charge in [0.1, 0.15) is 6.04 Å². The van der Waals surface area contributed by atoms with Crippen LogP contribution in [0.2, 0.25) is 0 Å². The fourth-order valence-corrected chi connectivity index (χ4v) is 5.04. The summed E-state index contributed by atoms with van der Waals surface area (Å²) in [5, 5.41) is 2.66. The van der Waals surface area contributed by atoms with Crippen molar-refractivity contribution in [2.45, 2.75) is 59.5 Å². The van der Waals surface area contributed by atoms with E-state index in [1.807, 2.05) is 70.2 Å². The van der Waals surface area contributed by atoms with Gasteiger partial charge in [-0.1, -0.05) is 43.3 Å². The van der Waals surface area contributed by atoms with E-state index in [9.17, 15) is 18.0 Å². The third-order valence-corrected chi connectivity index (χ3v) is 7.20. The molecule has 0 aliphatic rings. The van der Waals surface area contributed by atoms with Crippen LogP contribution in [0, 0.1) is 20.8 Å². The number of rotatable bonds is 11. The van der Waals surface area contributed by atoms with Crippen molar-refractivity contribution in [2.75, 3.05) is 24.2 Å². The second-order valence-corrected chi connectivity index (χ2v) is 10.6. The molecule has 2 aromatic rings. The molecule has 0 aliphatic heterocycles. The number of carbonyl (C=O) groups excluding carboxylic acids is 2. The standard InChI is InChI=1S/C26H37N3O4S/c1-7-23(26(31)27-5)28(18-22-12-9-8-11-20(22)3)25(30)13-10-16-29(34(6,32)33)24-17-19(2)14-15-21(24)4/h8-9,11-12,14-15,17,23H,7,10,13,16,18H2,1-6H3,(H,27,31)/t23-/m1/s1. The number of aryl methyl sites for hydroxylation is 3. The van der Waals surface area contributed by atoms with Gasteiger partial charge in [-0.25, -0.2) is 8.42 Å². The number of carbonyl (C=O) groups is 2. The van der Waals surface area contributed by atoms with E-state index in [1.54, 1.807) is 11.9 Å². The van der Waals surface area contributed by atoms with Crippen LogP contribution in [0.1, 0.15) is 48.4 Å². The number of likely N-dealkylation sites (N-methyl/N-ethyl adjacent to an activating group) is 1. The van der Waals surface area contributed by atoms with Crippen LogP contribution in [-0.4, -0.2) is 51.0 Å². The molecule has 1 atom stereocenters. The van der Waals surface area contributed by atoms with Gasteiger partial charge in [0.2, 0.25) is 21.8 Å². The zero-order valence-electron chi connectivity index (χ0n) is 21.1. The minimum atomic E-state index is -3.52. The summed E-state index contributed by atoms with van der Waals surface area (Å²) >= 11 is 0. The van der Waals surface area contributed by atoms with E-state index in [2.05, 4.69) is 5.32 Å². The van der Waals surface area contributed by atoms with Gasteiger partial charge >= 0.3 is 0 Å². The van der Waals surface area contributed by atoms with Gasteiger partial charge in [0.25, 0.3) is 0 Å². The highest BCUT2D eigenvalue weighted by Crippen LogP contribution is 2.25. The maximum atomic E-state index is 13.3. The Morgan fingerprint density at radius 3 is 2.29 bits per heavy atom. The Labute approximate surface area is 204 Å². The molecule has 34 heavy (non-hydrogen) atoms. The van der Waals surface area contributed by atoms with Gasteiger partial charge < -0.3 is 10.2 Å².